The molecule has 0 spiro atoms. The predicted octanol–water partition coefficient (Wildman–Crippen LogP) is 3.48. The summed E-state index contributed by atoms with van der Waals surface area (Å²) in [4.78, 5) is 28.7. The van der Waals surface area contributed by atoms with Crippen molar-refractivity contribution in [2.45, 2.75) is 38.6 Å². The minimum Gasteiger partial charge on any atom is -0.481 e. The Hall–Kier alpha value is -2.47. The number of nitrogens with zero attached hydrogens (tertiary/aromatic N) is 2. The van der Waals surface area contributed by atoms with Crippen molar-refractivity contribution in [3.05, 3.63) is 51.4 Å². The van der Waals surface area contributed by atoms with Gasteiger partial charge in [0.05, 0.1) is 18.1 Å². The Morgan fingerprint density at radius 3 is 2.84 bits per heavy atom. The molecule has 2 aromatic heterocycles. The van der Waals surface area contributed by atoms with E-state index in [0.717, 1.165) is 24.0 Å². The highest BCUT2D eigenvalue weighted by molar-refractivity contribution is 7.17. The van der Waals surface area contributed by atoms with E-state index in [2.05, 4.69) is 23.2 Å². The fourth-order valence-corrected chi connectivity index (χ4v) is 4.36. The van der Waals surface area contributed by atoms with Crippen molar-refractivity contribution in [3.63, 3.8) is 0 Å². The number of hydrogen-bond donors (Lipinski definition) is 1. The molecule has 0 saturated heterocycles. The van der Waals surface area contributed by atoms with Crippen LogP contribution in [0.3, 0.4) is 0 Å². The normalized spacial score (nSPS) is 13.8. The van der Waals surface area contributed by atoms with Gasteiger partial charge in [-0.15, -0.1) is 11.3 Å². The van der Waals surface area contributed by atoms with E-state index in [9.17, 15) is 9.59 Å². The van der Waals surface area contributed by atoms with E-state index in [1.807, 2.05) is 5.38 Å². The van der Waals surface area contributed by atoms with Crippen LogP contribution >= 0.6 is 11.3 Å². The summed E-state index contributed by atoms with van der Waals surface area (Å²) in [6.07, 6.45) is 6.03. The molecule has 0 saturated carbocycles. The fraction of sp³-hybridized carbons (Fsp3) is 0.316. The molecule has 0 aliphatic heterocycles. The average Bonchev–Trinajstić information content (AvgIpc) is 3.05. The van der Waals surface area contributed by atoms with Crippen molar-refractivity contribution < 1.29 is 9.90 Å². The number of rotatable bonds is 4. The van der Waals surface area contributed by atoms with Crippen molar-refractivity contribution in [1.29, 1.82) is 0 Å². The van der Waals surface area contributed by atoms with Gasteiger partial charge in [0.15, 0.2) is 0 Å². The summed E-state index contributed by atoms with van der Waals surface area (Å²) >= 11 is 1.45. The molecule has 0 atom stereocenters. The summed E-state index contributed by atoms with van der Waals surface area (Å²) in [6.45, 7) is 0.135. The van der Waals surface area contributed by atoms with Gasteiger partial charge in [0, 0.05) is 17.5 Å². The molecule has 0 radical (unpaired) electrons. The molecule has 0 fully saturated rings. The summed E-state index contributed by atoms with van der Waals surface area (Å²) in [6, 6.07) is 6.45. The Balaban J connectivity index is 1.81. The first kappa shape index (κ1) is 16.0. The van der Waals surface area contributed by atoms with Gasteiger partial charge in [-0.25, -0.2) is 4.98 Å². The number of carboxylic acid groups (broad SMARTS) is 1. The number of aromatic nitrogens is 2. The van der Waals surface area contributed by atoms with E-state index in [1.54, 1.807) is 0 Å². The van der Waals surface area contributed by atoms with Crippen LogP contribution in [0.1, 0.15) is 30.4 Å². The molecule has 0 bridgehead atoms. The van der Waals surface area contributed by atoms with Crippen LogP contribution in [0.25, 0.3) is 21.3 Å². The Labute approximate surface area is 148 Å². The lowest BCUT2D eigenvalue weighted by molar-refractivity contribution is -0.137. The number of thiophene rings is 1. The zero-order chi connectivity index (χ0) is 17.4. The van der Waals surface area contributed by atoms with Gasteiger partial charge in [0.2, 0.25) is 0 Å². The number of hydrogen-bond acceptors (Lipinski definition) is 4. The Kier molecular flexibility index (Phi) is 4.13. The van der Waals surface area contributed by atoms with Crippen LogP contribution in [0.4, 0.5) is 0 Å². The SMILES string of the molecule is O=C(O)CCn1cnc2scc(-c3ccc4c(c3)CCCC4)c2c1=O. The average molecular weight is 354 g/mol. The topological polar surface area (TPSA) is 72.2 Å². The first-order valence-electron chi connectivity index (χ1n) is 8.44. The van der Waals surface area contributed by atoms with Crippen LogP contribution in [0.15, 0.2) is 34.7 Å². The Morgan fingerprint density at radius 2 is 2.04 bits per heavy atom. The van der Waals surface area contributed by atoms with Crippen LogP contribution in [0, 0.1) is 0 Å². The third-order valence-corrected chi connectivity index (χ3v) is 5.67. The Morgan fingerprint density at radius 1 is 1.24 bits per heavy atom. The monoisotopic (exact) mass is 354 g/mol. The summed E-state index contributed by atoms with van der Waals surface area (Å²) in [7, 11) is 0. The summed E-state index contributed by atoms with van der Waals surface area (Å²) in [5.41, 5.74) is 4.56. The first-order chi connectivity index (χ1) is 12.1. The summed E-state index contributed by atoms with van der Waals surface area (Å²) in [5, 5.41) is 11.4. The predicted molar refractivity (Wildman–Crippen MR) is 98.2 cm³/mol. The quantitative estimate of drug-likeness (QED) is 0.778. The standard InChI is InChI=1S/C19H18N2O3S/c22-16(23)7-8-21-11-20-18-17(19(21)24)15(10-25-18)14-6-5-12-3-1-2-4-13(12)9-14/h5-6,9-11H,1-4,7-8H2,(H,22,23). The molecule has 1 aliphatic rings. The fourth-order valence-electron chi connectivity index (χ4n) is 3.46. The maximum absolute atomic E-state index is 12.8. The van der Waals surface area contributed by atoms with Crippen LogP contribution in [-0.2, 0) is 24.2 Å². The van der Waals surface area contributed by atoms with E-state index in [1.165, 1.54) is 46.2 Å². The van der Waals surface area contributed by atoms with Gasteiger partial charge in [-0.3, -0.25) is 14.2 Å². The smallest absolute Gasteiger partial charge is 0.305 e. The molecule has 128 valence electrons. The van der Waals surface area contributed by atoms with Crippen molar-refractivity contribution in [3.8, 4) is 11.1 Å². The highest BCUT2D eigenvalue weighted by Crippen LogP contribution is 2.33. The van der Waals surface area contributed by atoms with E-state index in [4.69, 9.17) is 5.11 Å². The minimum atomic E-state index is -0.924. The molecule has 6 heteroatoms. The Bertz CT molecular complexity index is 1020. The van der Waals surface area contributed by atoms with Crippen LogP contribution in [0.2, 0.25) is 0 Å². The second-order valence-corrected chi connectivity index (χ2v) is 7.27. The number of carbonyl (C=O) groups is 1. The van der Waals surface area contributed by atoms with Gasteiger partial charge in [-0.05, 0) is 42.4 Å². The lowest BCUT2D eigenvalue weighted by Gasteiger charge is -2.16. The molecule has 25 heavy (non-hydrogen) atoms. The lowest BCUT2D eigenvalue weighted by atomic mass is 9.89. The molecule has 0 amide bonds. The van der Waals surface area contributed by atoms with E-state index < -0.39 is 5.97 Å². The molecule has 1 N–H and O–H groups in total. The molecule has 3 aromatic rings. The van der Waals surface area contributed by atoms with Crippen LogP contribution < -0.4 is 5.56 Å². The third-order valence-electron chi connectivity index (χ3n) is 4.79. The molecule has 5 nitrogen and oxygen atoms in total. The van der Waals surface area contributed by atoms with Gasteiger partial charge in [0.25, 0.3) is 5.56 Å². The minimum absolute atomic E-state index is 0.0919. The zero-order valence-electron chi connectivity index (χ0n) is 13.7. The second kappa shape index (κ2) is 6.44. The number of fused-ring (bicyclic) bond motifs is 2. The second-order valence-electron chi connectivity index (χ2n) is 6.41. The number of benzene rings is 1. The largest absolute Gasteiger partial charge is 0.481 e. The highest BCUT2D eigenvalue weighted by atomic mass is 32.1. The van der Waals surface area contributed by atoms with Gasteiger partial charge >= 0.3 is 5.97 Å². The number of aliphatic carboxylic acids is 1. The van der Waals surface area contributed by atoms with E-state index >= 15 is 0 Å². The molecular weight excluding hydrogens is 336 g/mol. The van der Waals surface area contributed by atoms with Gasteiger partial charge in [-0.1, -0.05) is 18.2 Å². The van der Waals surface area contributed by atoms with Gasteiger partial charge < -0.3 is 5.11 Å². The zero-order valence-corrected chi connectivity index (χ0v) is 14.5. The van der Waals surface area contributed by atoms with Crippen molar-refractivity contribution in [2.75, 3.05) is 0 Å². The molecule has 0 unspecified atom stereocenters. The molecule has 2 heterocycles. The van der Waals surface area contributed by atoms with Crippen molar-refractivity contribution >= 4 is 27.5 Å². The van der Waals surface area contributed by atoms with Crippen molar-refractivity contribution in [1.82, 2.24) is 9.55 Å². The van der Waals surface area contributed by atoms with E-state index in [-0.39, 0.29) is 18.5 Å². The molecular formula is C19H18N2O3S. The molecule has 1 aromatic carbocycles. The van der Waals surface area contributed by atoms with Gasteiger partial charge in [0.1, 0.15) is 4.83 Å². The summed E-state index contributed by atoms with van der Waals surface area (Å²) < 4.78 is 1.39. The number of carboxylic acids is 1. The van der Waals surface area contributed by atoms with Crippen LogP contribution in [-0.4, -0.2) is 20.6 Å². The highest BCUT2D eigenvalue weighted by Gasteiger charge is 2.16. The molecule has 1 aliphatic carbocycles. The van der Waals surface area contributed by atoms with Crippen LogP contribution in [0.5, 0.6) is 0 Å². The maximum atomic E-state index is 12.8. The molecule has 4 rings (SSSR count). The van der Waals surface area contributed by atoms with Gasteiger partial charge in [-0.2, -0.15) is 0 Å². The first-order valence-corrected chi connectivity index (χ1v) is 9.32. The van der Waals surface area contributed by atoms with E-state index in [0.29, 0.717) is 10.2 Å². The maximum Gasteiger partial charge on any atom is 0.305 e. The summed E-state index contributed by atoms with van der Waals surface area (Å²) in [5.74, 6) is -0.924. The lowest BCUT2D eigenvalue weighted by Crippen LogP contribution is -2.21. The third kappa shape index (κ3) is 2.98. The number of aryl methyl sites for hydroxylation is 3. The van der Waals surface area contributed by atoms with Crippen molar-refractivity contribution in [2.24, 2.45) is 0 Å².